The number of fused-ring (bicyclic) bond motifs is 2. The highest BCUT2D eigenvalue weighted by Crippen LogP contribution is 2.58. The first-order valence-electron chi connectivity index (χ1n) is 14.0. The van der Waals surface area contributed by atoms with Crippen molar-refractivity contribution in [1.29, 1.82) is 0 Å². The molecule has 1 aromatic rings. The summed E-state index contributed by atoms with van der Waals surface area (Å²) in [4.78, 5) is 45.6. The highest BCUT2D eigenvalue weighted by molar-refractivity contribution is 6.34. The van der Waals surface area contributed by atoms with Crippen LogP contribution < -0.4 is 4.90 Å². The molecule has 8 nitrogen and oxygen atoms in total. The average Bonchev–Trinajstić information content (AvgIpc) is 3.25. The first kappa shape index (κ1) is 27.9. The number of aliphatic hydroxyl groups is 1. The first-order chi connectivity index (χ1) is 18.8. The molecule has 0 bridgehead atoms. The number of hydrogen-bond acceptors (Lipinski definition) is 6. The summed E-state index contributed by atoms with van der Waals surface area (Å²) in [5, 5.41) is 9.61. The number of hydrogen-bond donors (Lipinski definition) is 1. The summed E-state index contributed by atoms with van der Waals surface area (Å²) >= 11 is 6.61. The summed E-state index contributed by atoms with van der Waals surface area (Å²) in [6.45, 7) is 4.81. The number of cyclic esters (lactones) is 1. The van der Waals surface area contributed by atoms with E-state index in [1.165, 1.54) is 0 Å². The maximum Gasteiger partial charge on any atom is 0.313 e. The molecule has 0 aromatic heterocycles. The van der Waals surface area contributed by atoms with Gasteiger partial charge in [0.1, 0.15) is 23.2 Å². The maximum atomic E-state index is 14.6. The van der Waals surface area contributed by atoms with Crippen LogP contribution in [-0.2, 0) is 23.9 Å². The van der Waals surface area contributed by atoms with Gasteiger partial charge in [0.15, 0.2) is 0 Å². The van der Waals surface area contributed by atoms with Gasteiger partial charge in [-0.15, -0.1) is 0 Å². The number of esters is 1. The molecule has 0 saturated carbocycles. The number of likely N-dealkylation sites (tertiary alicyclic amines) is 1. The normalized spacial score (nSPS) is 31.9. The molecule has 2 amide bonds. The molecule has 5 rings (SSSR count). The predicted molar refractivity (Wildman–Crippen MR) is 147 cm³/mol. The van der Waals surface area contributed by atoms with Crippen molar-refractivity contribution in [2.45, 2.75) is 69.6 Å². The van der Waals surface area contributed by atoms with Crippen molar-refractivity contribution in [1.82, 2.24) is 4.90 Å². The van der Waals surface area contributed by atoms with Crippen molar-refractivity contribution >= 4 is 35.1 Å². The highest BCUT2D eigenvalue weighted by atomic mass is 35.5. The molecule has 4 aliphatic heterocycles. The van der Waals surface area contributed by atoms with E-state index in [1.807, 2.05) is 50.3 Å². The Balaban J connectivity index is 1.61. The fourth-order valence-electron chi connectivity index (χ4n) is 6.88. The Hall–Kier alpha value is -2.68. The van der Waals surface area contributed by atoms with Crippen LogP contribution in [0.25, 0.3) is 0 Å². The number of anilines is 1. The van der Waals surface area contributed by atoms with Crippen molar-refractivity contribution < 1.29 is 29.0 Å². The number of carbonyl (C=O) groups excluding carboxylic acids is 3. The summed E-state index contributed by atoms with van der Waals surface area (Å²) < 4.78 is 12.5. The van der Waals surface area contributed by atoms with Crippen LogP contribution in [0, 0.1) is 18.8 Å². The van der Waals surface area contributed by atoms with E-state index in [9.17, 15) is 14.4 Å². The molecule has 5 atom stereocenters. The van der Waals surface area contributed by atoms with Crippen LogP contribution in [0.1, 0.15) is 51.0 Å². The summed E-state index contributed by atoms with van der Waals surface area (Å²) in [6, 6.07) is 4.54. The summed E-state index contributed by atoms with van der Waals surface area (Å²) in [7, 11) is 0. The molecule has 2 fully saturated rings. The zero-order valence-corrected chi connectivity index (χ0v) is 23.4. The second kappa shape index (κ2) is 11.1. The summed E-state index contributed by atoms with van der Waals surface area (Å²) in [5.41, 5.74) is -0.915. The molecule has 39 heavy (non-hydrogen) atoms. The Morgan fingerprint density at radius 2 is 1.85 bits per heavy atom. The summed E-state index contributed by atoms with van der Waals surface area (Å²) in [5.74, 6) is -2.74. The Labute approximate surface area is 234 Å². The molecule has 210 valence electrons. The number of amides is 2. The predicted octanol–water partition coefficient (Wildman–Crippen LogP) is 3.97. The van der Waals surface area contributed by atoms with E-state index in [-0.39, 0.29) is 31.6 Å². The zero-order valence-electron chi connectivity index (χ0n) is 22.6. The fraction of sp³-hybridized carbons (Fsp3) is 0.567. The van der Waals surface area contributed by atoms with Gasteiger partial charge in [-0.25, -0.2) is 0 Å². The SMILES string of the molecule is CC[C@]12C=CCCOC(=O)[C@H]1[C@H]1C(=O)N(CCCCCCO)C3C(=O)N(c4c(C)cccc4Cl)CC=C[C@@]31O2. The third-order valence-electron chi connectivity index (χ3n) is 8.67. The first-order valence-corrected chi connectivity index (χ1v) is 14.4. The second-order valence-electron chi connectivity index (χ2n) is 10.9. The van der Waals surface area contributed by atoms with Crippen molar-refractivity contribution in [2.75, 3.05) is 31.2 Å². The van der Waals surface area contributed by atoms with Gasteiger partial charge in [-0.2, -0.15) is 0 Å². The van der Waals surface area contributed by atoms with E-state index in [4.69, 9.17) is 26.2 Å². The van der Waals surface area contributed by atoms with Crippen LogP contribution in [0.3, 0.4) is 0 Å². The Kier molecular flexibility index (Phi) is 7.91. The van der Waals surface area contributed by atoms with Crippen molar-refractivity contribution in [2.24, 2.45) is 11.8 Å². The molecule has 9 heteroatoms. The van der Waals surface area contributed by atoms with E-state index in [1.54, 1.807) is 15.9 Å². The molecule has 1 spiro atoms. The number of nitrogens with zero attached hydrogens (tertiary/aromatic N) is 2. The Bertz CT molecular complexity index is 1180. The highest BCUT2D eigenvalue weighted by Gasteiger charge is 2.75. The lowest BCUT2D eigenvalue weighted by atomic mass is 9.73. The minimum Gasteiger partial charge on any atom is -0.465 e. The smallest absolute Gasteiger partial charge is 0.313 e. The molecule has 4 aliphatic rings. The monoisotopic (exact) mass is 556 g/mol. The third-order valence-corrected chi connectivity index (χ3v) is 8.97. The van der Waals surface area contributed by atoms with Crippen LogP contribution in [0.4, 0.5) is 5.69 Å². The molecule has 0 radical (unpaired) electrons. The van der Waals surface area contributed by atoms with Gasteiger partial charge in [0.05, 0.1) is 23.2 Å². The van der Waals surface area contributed by atoms with Crippen LogP contribution in [0.15, 0.2) is 42.5 Å². The van der Waals surface area contributed by atoms with Crippen LogP contribution in [0.2, 0.25) is 5.02 Å². The van der Waals surface area contributed by atoms with Gasteiger partial charge in [-0.3, -0.25) is 14.4 Å². The van der Waals surface area contributed by atoms with E-state index >= 15 is 0 Å². The average molecular weight is 557 g/mol. The van der Waals surface area contributed by atoms with Gasteiger partial charge < -0.3 is 24.4 Å². The minimum atomic E-state index is -1.32. The lowest BCUT2D eigenvalue weighted by Gasteiger charge is -2.39. The van der Waals surface area contributed by atoms with Gasteiger partial charge in [-0.05, 0) is 44.2 Å². The lowest BCUT2D eigenvalue weighted by molar-refractivity contribution is -0.160. The number of carbonyl (C=O) groups is 3. The van der Waals surface area contributed by atoms with E-state index in [0.717, 1.165) is 18.4 Å². The second-order valence-corrected chi connectivity index (χ2v) is 11.3. The quantitative estimate of drug-likeness (QED) is 0.296. The number of rotatable bonds is 8. The number of aliphatic hydroxyl groups excluding tert-OH is 1. The van der Waals surface area contributed by atoms with Crippen LogP contribution in [-0.4, -0.2) is 71.3 Å². The Morgan fingerprint density at radius 1 is 1.05 bits per heavy atom. The van der Waals surface area contributed by atoms with Crippen molar-refractivity contribution in [3.63, 3.8) is 0 Å². The molecule has 2 saturated heterocycles. The van der Waals surface area contributed by atoms with Gasteiger partial charge in [0.2, 0.25) is 5.91 Å². The van der Waals surface area contributed by atoms with Crippen molar-refractivity contribution in [3.05, 3.63) is 53.1 Å². The van der Waals surface area contributed by atoms with Crippen LogP contribution in [0.5, 0.6) is 0 Å². The molecular weight excluding hydrogens is 520 g/mol. The van der Waals surface area contributed by atoms with Gasteiger partial charge >= 0.3 is 5.97 Å². The molecule has 1 N–H and O–H groups in total. The number of halogens is 1. The molecule has 4 heterocycles. The largest absolute Gasteiger partial charge is 0.465 e. The number of para-hydroxylation sites is 1. The van der Waals surface area contributed by atoms with E-state index in [0.29, 0.717) is 42.9 Å². The minimum absolute atomic E-state index is 0.121. The van der Waals surface area contributed by atoms with Crippen LogP contribution >= 0.6 is 11.6 Å². The Morgan fingerprint density at radius 3 is 2.59 bits per heavy atom. The summed E-state index contributed by atoms with van der Waals surface area (Å²) in [6.07, 6.45) is 11.6. The number of unbranched alkanes of at least 4 members (excludes halogenated alkanes) is 3. The zero-order chi connectivity index (χ0) is 27.8. The van der Waals surface area contributed by atoms with Gasteiger partial charge in [0.25, 0.3) is 5.91 Å². The molecular formula is C30H37ClN2O6. The number of benzene rings is 1. The lowest BCUT2D eigenvalue weighted by Crippen LogP contribution is -2.56. The van der Waals surface area contributed by atoms with Gasteiger partial charge in [-0.1, -0.05) is 67.8 Å². The standard InChI is InChI=1S/C30H37ClN2O6/c1-3-29-14-6-9-19-38-28(37)23(29)22-26(35)33(16-7-4-5-8-18-34)25-27(36)32(17-11-15-30(22,25)39-29)24-20(2)12-10-13-21(24)31/h6,10-15,22-23,25,34H,3-5,7-9,16-19H2,1-2H3/t22-,23+,25?,29-,30-/m0/s1. The topological polar surface area (TPSA) is 96.4 Å². The molecule has 0 aliphatic carbocycles. The fourth-order valence-corrected chi connectivity index (χ4v) is 7.21. The number of aryl methyl sites for hydroxylation is 1. The third kappa shape index (κ3) is 4.50. The molecule has 1 unspecified atom stereocenters. The number of ether oxygens (including phenoxy) is 2. The maximum absolute atomic E-state index is 14.6. The van der Waals surface area contributed by atoms with E-state index < -0.39 is 35.0 Å². The molecule has 1 aromatic carbocycles. The van der Waals surface area contributed by atoms with Crippen molar-refractivity contribution in [3.8, 4) is 0 Å². The van der Waals surface area contributed by atoms with Gasteiger partial charge in [0, 0.05) is 19.7 Å². The van der Waals surface area contributed by atoms with E-state index in [2.05, 4.69) is 0 Å².